The van der Waals surface area contributed by atoms with Gasteiger partial charge in [-0.2, -0.15) is 0 Å². The molecule has 5 aliphatic rings. The highest BCUT2D eigenvalue weighted by atomic mass is 16.6. The molecular formula is C38H52O13. The summed E-state index contributed by atoms with van der Waals surface area (Å²) in [7, 11) is 1.24. The zero-order chi connectivity index (χ0) is 37.6. The Hall–Kier alpha value is -3.45. The standard InChI is InChI=1S/C38H52O13/c1-11-18(2)32(43)50-31-29(49-21(5)41)30-35(7)24(34(6,33(44)45-10)25(42)16-26(35)47-19(3)39)15-27(48-20(4)40)37(30,9)38-28(51-38)14-23(36(31,38)8)22-12-13-46-17-22/h12-13,17-18,23-31,42H,11,14-16H2,1-10H3. The first-order chi connectivity index (χ1) is 23.8. The van der Waals surface area contributed by atoms with E-state index in [0.717, 1.165) is 5.56 Å². The minimum Gasteiger partial charge on any atom is -0.472 e. The third kappa shape index (κ3) is 4.81. The van der Waals surface area contributed by atoms with Crippen LogP contribution in [-0.4, -0.2) is 84.3 Å². The molecule has 1 aromatic heterocycles. The fourth-order valence-electron chi connectivity index (χ4n) is 11.9. The number of furan rings is 1. The largest absolute Gasteiger partial charge is 0.472 e. The number of hydrogen-bond acceptors (Lipinski definition) is 13. The lowest BCUT2D eigenvalue weighted by atomic mass is 9.33. The maximum atomic E-state index is 14.0. The maximum Gasteiger partial charge on any atom is 0.314 e. The Morgan fingerprint density at radius 1 is 0.902 bits per heavy atom. The molecule has 1 N–H and O–H groups in total. The minimum absolute atomic E-state index is 0.0535. The molecule has 4 saturated carbocycles. The molecule has 1 saturated heterocycles. The summed E-state index contributed by atoms with van der Waals surface area (Å²) in [5.41, 5.74) is -5.41. The van der Waals surface area contributed by atoms with Gasteiger partial charge in [0.1, 0.15) is 30.0 Å². The quantitative estimate of drug-likeness (QED) is 0.229. The van der Waals surface area contributed by atoms with Crippen LogP contribution in [0, 0.1) is 39.4 Å². The molecule has 1 aliphatic heterocycles. The molecular weight excluding hydrogens is 664 g/mol. The molecule has 2 heterocycles. The summed E-state index contributed by atoms with van der Waals surface area (Å²) in [6, 6.07) is 1.86. The van der Waals surface area contributed by atoms with E-state index in [0.29, 0.717) is 12.8 Å². The highest BCUT2D eigenvalue weighted by Gasteiger charge is 2.93. The third-order valence-electron chi connectivity index (χ3n) is 14.2. The number of hydrogen-bond donors (Lipinski definition) is 1. The summed E-state index contributed by atoms with van der Waals surface area (Å²) in [6.45, 7) is 14.9. The first-order valence-electron chi connectivity index (χ1n) is 18.0. The number of aliphatic hydroxyl groups excluding tert-OH is 1. The van der Waals surface area contributed by atoms with Gasteiger partial charge in [-0.25, -0.2) is 0 Å². The molecule has 51 heavy (non-hydrogen) atoms. The van der Waals surface area contributed by atoms with Crippen LogP contribution in [0.15, 0.2) is 23.0 Å². The van der Waals surface area contributed by atoms with Crippen LogP contribution < -0.4 is 0 Å². The average Bonchev–Trinajstić information content (AvgIpc) is 3.41. The summed E-state index contributed by atoms with van der Waals surface area (Å²) in [5, 5.41) is 11.8. The zero-order valence-electron chi connectivity index (χ0n) is 31.2. The van der Waals surface area contributed by atoms with E-state index < -0.39 is 111 Å². The monoisotopic (exact) mass is 716 g/mol. The molecule has 13 heteroatoms. The van der Waals surface area contributed by atoms with Gasteiger partial charge in [0.15, 0.2) is 0 Å². The molecule has 1 spiro atoms. The second-order valence-corrected chi connectivity index (χ2v) is 16.3. The van der Waals surface area contributed by atoms with E-state index in [1.54, 1.807) is 26.4 Å². The number of fused-ring (bicyclic) bond motifs is 3. The van der Waals surface area contributed by atoms with Crippen molar-refractivity contribution >= 4 is 29.8 Å². The molecule has 13 nitrogen and oxygen atoms in total. The number of carbonyl (C=O) groups is 5. The van der Waals surface area contributed by atoms with Gasteiger partial charge in [0.25, 0.3) is 0 Å². The molecule has 5 fully saturated rings. The first-order valence-corrected chi connectivity index (χ1v) is 18.0. The number of ether oxygens (including phenoxy) is 6. The smallest absolute Gasteiger partial charge is 0.314 e. The minimum atomic E-state index is -1.58. The molecule has 0 bridgehead atoms. The van der Waals surface area contributed by atoms with E-state index in [-0.39, 0.29) is 18.8 Å². The van der Waals surface area contributed by atoms with Crippen LogP contribution in [0.4, 0.5) is 0 Å². The van der Waals surface area contributed by atoms with Crippen molar-refractivity contribution < 1.29 is 61.9 Å². The fraction of sp³-hybridized carbons (Fsp3) is 0.763. The number of rotatable bonds is 8. The Balaban J connectivity index is 1.70. The molecule has 1 aromatic rings. The van der Waals surface area contributed by atoms with E-state index in [2.05, 4.69) is 0 Å². The van der Waals surface area contributed by atoms with Crippen LogP contribution in [0.5, 0.6) is 0 Å². The van der Waals surface area contributed by atoms with Gasteiger partial charge < -0.3 is 37.9 Å². The molecule has 282 valence electrons. The molecule has 4 aliphatic carbocycles. The molecule has 0 aromatic carbocycles. The SMILES string of the molecule is CCC(C)C(=O)OC1C(OC(C)=O)C2C3(C)C(OC(C)=O)CC(O)C(C)(C(=O)OC)C3CC(OC(C)=O)C2(C)C23OC2CC(c2ccoc2)C13C. The van der Waals surface area contributed by atoms with Crippen molar-refractivity contribution in [3.05, 3.63) is 24.2 Å². The number of aliphatic hydroxyl groups is 1. The lowest BCUT2D eigenvalue weighted by molar-refractivity contribution is -0.330. The third-order valence-corrected chi connectivity index (χ3v) is 14.2. The topological polar surface area (TPSA) is 177 Å². The zero-order valence-corrected chi connectivity index (χ0v) is 31.2. The fourth-order valence-corrected chi connectivity index (χ4v) is 11.9. The van der Waals surface area contributed by atoms with E-state index in [1.165, 1.54) is 27.9 Å². The van der Waals surface area contributed by atoms with Gasteiger partial charge in [-0.1, -0.05) is 34.6 Å². The van der Waals surface area contributed by atoms with E-state index in [1.807, 2.05) is 33.8 Å². The second kappa shape index (κ2) is 12.3. The van der Waals surface area contributed by atoms with Crippen molar-refractivity contribution in [1.82, 2.24) is 0 Å². The molecule has 0 amide bonds. The summed E-state index contributed by atoms with van der Waals surface area (Å²) in [5.74, 6) is -5.60. The predicted molar refractivity (Wildman–Crippen MR) is 176 cm³/mol. The summed E-state index contributed by atoms with van der Waals surface area (Å²) in [6.07, 6.45) is -1.88. The van der Waals surface area contributed by atoms with Crippen LogP contribution >= 0.6 is 0 Å². The van der Waals surface area contributed by atoms with E-state index in [4.69, 9.17) is 32.8 Å². The molecule has 0 radical (unpaired) electrons. The first kappa shape index (κ1) is 37.3. The molecule has 15 unspecified atom stereocenters. The Labute approximate surface area is 298 Å². The summed E-state index contributed by atoms with van der Waals surface area (Å²) < 4.78 is 43.1. The average molecular weight is 717 g/mol. The van der Waals surface area contributed by atoms with Crippen LogP contribution in [0.3, 0.4) is 0 Å². The van der Waals surface area contributed by atoms with Gasteiger partial charge in [0.05, 0.1) is 43.2 Å². The van der Waals surface area contributed by atoms with Gasteiger partial charge in [-0.05, 0) is 43.7 Å². The number of epoxide rings is 1. The lowest BCUT2D eigenvalue weighted by Crippen LogP contribution is -2.81. The van der Waals surface area contributed by atoms with Gasteiger partial charge in [0.2, 0.25) is 0 Å². The van der Waals surface area contributed by atoms with Crippen LogP contribution in [0.1, 0.15) is 99.5 Å². The van der Waals surface area contributed by atoms with E-state index in [9.17, 15) is 29.1 Å². The van der Waals surface area contributed by atoms with Gasteiger partial charge in [0, 0.05) is 55.3 Å². The van der Waals surface area contributed by atoms with Crippen molar-refractivity contribution in [2.24, 2.45) is 39.4 Å². The summed E-state index contributed by atoms with van der Waals surface area (Å²) >= 11 is 0. The van der Waals surface area contributed by atoms with Crippen LogP contribution in [-0.2, 0) is 52.4 Å². The molecule has 6 rings (SSSR count). The van der Waals surface area contributed by atoms with Gasteiger partial charge >= 0.3 is 29.8 Å². The second-order valence-electron chi connectivity index (χ2n) is 16.3. The number of esters is 5. The van der Waals surface area contributed by atoms with Crippen molar-refractivity contribution in [2.75, 3.05) is 7.11 Å². The number of carbonyl (C=O) groups excluding carboxylic acids is 5. The normalized spacial score (nSPS) is 45.4. The molecule has 15 atom stereocenters. The predicted octanol–water partition coefficient (Wildman–Crippen LogP) is 4.27. The Morgan fingerprint density at radius 2 is 1.53 bits per heavy atom. The number of methoxy groups -OCH3 is 1. The lowest BCUT2D eigenvalue weighted by Gasteiger charge is -2.72. The Morgan fingerprint density at radius 3 is 2.08 bits per heavy atom. The van der Waals surface area contributed by atoms with Gasteiger partial charge in [-0.15, -0.1) is 0 Å². The van der Waals surface area contributed by atoms with Crippen molar-refractivity contribution in [3.8, 4) is 0 Å². The van der Waals surface area contributed by atoms with Crippen molar-refractivity contribution in [1.29, 1.82) is 0 Å². The highest BCUT2D eigenvalue weighted by Crippen LogP contribution is 2.83. The van der Waals surface area contributed by atoms with Crippen molar-refractivity contribution in [3.63, 3.8) is 0 Å². The van der Waals surface area contributed by atoms with Crippen molar-refractivity contribution in [2.45, 2.75) is 136 Å². The summed E-state index contributed by atoms with van der Waals surface area (Å²) in [4.78, 5) is 67.1. The van der Waals surface area contributed by atoms with Gasteiger partial charge in [-0.3, -0.25) is 24.0 Å². The Bertz CT molecular complexity index is 1590. The Kier molecular flexibility index (Phi) is 9.01. The maximum absolute atomic E-state index is 14.0. The highest BCUT2D eigenvalue weighted by molar-refractivity contribution is 5.78. The van der Waals surface area contributed by atoms with Crippen LogP contribution in [0.2, 0.25) is 0 Å². The van der Waals surface area contributed by atoms with E-state index >= 15 is 0 Å². The van der Waals surface area contributed by atoms with Crippen LogP contribution in [0.25, 0.3) is 0 Å².